The van der Waals surface area contributed by atoms with Gasteiger partial charge in [-0.1, -0.05) is 18.2 Å². The Hall–Kier alpha value is -3.71. The molecule has 0 fully saturated rings. The molecule has 0 aliphatic carbocycles. The molecule has 0 aliphatic heterocycles. The van der Waals surface area contributed by atoms with Gasteiger partial charge in [-0.15, -0.1) is 0 Å². The fraction of sp³-hybridized carbons (Fsp3) is 0.208. The number of H-pyrrole nitrogens is 1. The molecule has 1 amide bonds. The van der Waals surface area contributed by atoms with E-state index >= 15 is 0 Å². The predicted octanol–water partition coefficient (Wildman–Crippen LogP) is 3.59. The molecule has 7 nitrogen and oxygen atoms in total. The number of carbonyl (C=O) groups is 1. The molecule has 31 heavy (non-hydrogen) atoms. The molecular weight excluding hydrogens is 390 g/mol. The van der Waals surface area contributed by atoms with E-state index in [1.165, 1.54) is 0 Å². The van der Waals surface area contributed by atoms with Crippen LogP contribution in [-0.2, 0) is 0 Å². The summed E-state index contributed by atoms with van der Waals surface area (Å²) in [7, 11) is 5.60. The maximum absolute atomic E-state index is 12.5. The number of fused-ring (bicyclic) bond motifs is 1. The molecule has 0 unspecified atom stereocenters. The molecule has 0 atom stereocenters. The molecule has 0 spiro atoms. The minimum atomic E-state index is -0.137. The van der Waals surface area contributed by atoms with Crippen LogP contribution in [0.3, 0.4) is 0 Å². The SMILES string of the molecule is COc1ccccc1-c1c[nH]c2ncc(-c3cncc(C(=O)NCCN(C)C)c3)cc12. The molecule has 3 heterocycles. The van der Waals surface area contributed by atoms with Crippen LogP contribution in [0, 0.1) is 0 Å². The first-order valence-corrected chi connectivity index (χ1v) is 10.1. The number of amides is 1. The molecule has 0 bridgehead atoms. The van der Waals surface area contributed by atoms with Gasteiger partial charge in [-0.2, -0.15) is 0 Å². The lowest BCUT2D eigenvalue weighted by molar-refractivity contribution is 0.0950. The van der Waals surface area contributed by atoms with E-state index in [0.717, 1.165) is 45.6 Å². The number of hydrogen-bond donors (Lipinski definition) is 2. The van der Waals surface area contributed by atoms with Gasteiger partial charge in [0.25, 0.3) is 5.91 Å². The Kier molecular flexibility index (Phi) is 5.95. The Bertz CT molecular complexity index is 1220. The van der Waals surface area contributed by atoms with Gasteiger partial charge in [-0.05, 0) is 32.3 Å². The molecule has 7 heteroatoms. The number of ether oxygens (including phenoxy) is 1. The highest BCUT2D eigenvalue weighted by Gasteiger charge is 2.13. The van der Waals surface area contributed by atoms with Crippen molar-refractivity contribution < 1.29 is 9.53 Å². The van der Waals surface area contributed by atoms with Crippen LogP contribution < -0.4 is 10.1 Å². The quantitative estimate of drug-likeness (QED) is 0.482. The van der Waals surface area contributed by atoms with Crippen molar-refractivity contribution >= 4 is 16.9 Å². The van der Waals surface area contributed by atoms with Gasteiger partial charge in [-0.3, -0.25) is 9.78 Å². The van der Waals surface area contributed by atoms with Crippen molar-refractivity contribution in [2.45, 2.75) is 0 Å². The summed E-state index contributed by atoms with van der Waals surface area (Å²) < 4.78 is 5.53. The molecule has 4 aromatic rings. The lowest BCUT2D eigenvalue weighted by atomic mass is 10.0. The first kappa shape index (κ1) is 20.6. The summed E-state index contributed by atoms with van der Waals surface area (Å²) in [6.45, 7) is 1.36. The molecule has 1 aromatic carbocycles. The number of benzene rings is 1. The molecular formula is C24H25N5O2. The van der Waals surface area contributed by atoms with E-state index < -0.39 is 0 Å². The van der Waals surface area contributed by atoms with Gasteiger partial charge in [0.1, 0.15) is 11.4 Å². The number of nitrogens with zero attached hydrogens (tertiary/aromatic N) is 3. The first-order chi connectivity index (χ1) is 15.1. The summed E-state index contributed by atoms with van der Waals surface area (Å²) in [6, 6.07) is 11.8. The van der Waals surface area contributed by atoms with Crippen LogP contribution in [0.1, 0.15) is 10.4 Å². The average Bonchev–Trinajstić information content (AvgIpc) is 3.22. The van der Waals surface area contributed by atoms with Crippen molar-refractivity contribution in [3.8, 4) is 28.0 Å². The van der Waals surface area contributed by atoms with Gasteiger partial charge in [-0.25, -0.2) is 4.98 Å². The Morgan fingerprint density at radius 1 is 1.10 bits per heavy atom. The molecule has 158 valence electrons. The number of hydrogen-bond acceptors (Lipinski definition) is 5. The van der Waals surface area contributed by atoms with Crippen LogP contribution in [0.2, 0.25) is 0 Å². The van der Waals surface area contributed by atoms with Crippen molar-refractivity contribution in [2.24, 2.45) is 0 Å². The zero-order chi connectivity index (χ0) is 21.8. The van der Waals surface area contributed by atoms with Gasteiger partial charge in [0.2, 0.25) is 0 Å². The topological polar surface area (TPSA) is 83.1 Å². The third-order valence-electron chi connectivity index (χ3n) is 5.11. The van der Waals surface area contributed by atoms with Gasteiger partial charge < -0.3 is 19.9 Å². The highest BCUT2D eigenvalue weighted by atomic mass is 16.5. The molecule has 0 saturated carbocycles. The molecule has 4 rings (SSSR count). The zero-order valence-electron chi connectivity index (χ0n) is 17.8. The lowest BCUT2D eigenvalue weighted by Gasteiger charge is -2.11. The number of carbonyl (C=O) groups excluding carboxylic acids is 1. The van der Waals surface area contributed by atoms with Crippen LogP contribution in [0.5, 0.6) is 5.75 Å². The highest BCUT2D eigenvalue weighted by molar-refractivity contribution is 5.98. The van der Waals surface area contributed by atoms with Crippen LogP contribution in [0.15, 0.2) is 61.2 Å². The molecule has 0 saturated heterocycles. The second-order valence-corrected chi connectivity index (χ2v) is 7.54. The summed E-state index contributed by atoms with van der Waals surface area (Å²) >= 11 is 0. The Balaban J connectivity index is 1.67. The van der Waals surface area contributed by atoms with Gasteiger partial charge in [0.05, 0.1) is 12.7 Å². The van der Waals surface area contributed by atoms with Crippen LogP contribution in [0.4, 0.5) is 0 Å². The second-order valence-electron chi connectivity index (χ2n) is 7.54. The summed E-state index contributed by atoms with van der Waals surface area (Å²) in [5.41, 5.74) is 5.03. The number of aromatic amines is 1. The van der Waals surface area contributed by atoms with E-state index in [-0.39, 0.29) is 5.91 Å². The smallest absolute Gasteiger partial charge is 0.252 e. The first-order valence-electron chi connectivity index (χ1n) is 10.1. The normalized spacial score (nSPS) is 11.1. The number of methoxy groups -OCH3 is 1. The Morgan fingerprint density at radius 2 is 1.90 bits per heavy atom. The minimum absolute atomic E-state index is 0.137. The molecule has 0 aliphatic rings. The number of para-hydroxylation sites is 1. The fourth-order valence-corrected chi connectivity index (χ4v) is 3.47. The number of pyridine rings is 2. The summed E-state index contributed by atoms with van der Waals surface area (Å²) in [5.74, 6) is 0.661. The van der Waals surface area contributed by atoms with Gasteiger partial charge in [0, 0.05) is 65.5 Å². The largest absolute Gasteiger partial charge is 0.496 e. The average molecular weight is 415 g/mol. The number of likely N-dealkylation sites (N-methyl/N-ethyl adjacent to an activating group) is 1. The number of aromatic nitrogens is 3. The minimum Gasteiger partial charge on any atom is -0.496 e. The number of nitrogens with one attached hydrogen (secondary N) is 2. The van der Waals surface area contributed by atoms with Crippen LogP contribution in [0.25, 0.3) is 33.3 Å². The molecule has 3 aromatic heterocycles. The highest BCUT2D eigenvalue weighted by Crippen LogP contribution is 2.35. The summed E-state index contributed by atoms with van der Waals surface area (Å²) in [5, 5.41) is 3.90. The molecule has 2 N–H and O–H groups in total. The second kappa shape index (κ2) is 8.97. The standard InChI is InChI=1S/C24H25N5O2/c1-29(2)9-8-26-24(30)18-10-16(12-25-13-18)17-11-20-21(15-28-23(20)27-14-17)19-6-4-5-7-22(19)31-3/h4-7,10-15H,8-9H2,1-3H3,(H,26,30)(H,27,28). The van der Waals surface area contributed by atoms with E-state index in [1.807, 2.05) is 55.5 Å². The zero-order valence-corrected chi connectivity index (χ0v) is 17.8. The van der Waals surface area contributed by atoms with Crippen molar-refractivity contribution in [1.29, 1.82) is 0 Å². The van der Waals surface area contributed by atoms with Crippen molar-refractivity contribution in [1.82, 2.24) is 25.2 Å². The van der Waals surface area contributed by atoms with Gasteiger partial charge in [0.15, 0.2) is 0 Å². The number of rotatable bonds is 7. The van der Waals surface area contributed by atoms with E-state index in [9.17, 15) is 4.79 Å². The maximum Gasteiger partial charge on any atom is 0.252 e. The predicted molar refractivity (Wildman–Crippen MR) is 122 cm³/mol. The van der Waals surface area contributed by atoms with E-state index in [1.54, 1.807) is 25.7 Å². The molecule has 0 radical (unpaired) electrons. The van der Waals surface area contributed by atoms with Crippen LogP contribution in [-0.4, -0.2) is 60.1 Å². The Labute approximate surface area is 181 Å². The van der Waals surface area contributed by atoms with E-state index in [2.05, 4.69) is 26.3 Å². The Morgan fingerprint density at radius 3 is 2.71 bits per heavy atom. The third kappa shape index (κ3) is 4.41. The van der Waals surface area contributed by atoms with Crippen molar-refractivity contribution in [2.75, 3.05) is 34.3 Å². The third-order valence-corrected chi connectivity index (χ3v) is 5.11. The van der Waals surface area contributed by atoms with Gasteiger partial charge >= 0.3 is 0 Å². The van der Waals surface area contributed by atoms with Crippen LogP contribution >= 0.6 is 0 Å². The summed E-state index contributed by atoms with van der Waals surface area (Å²) in [6.07, 6.45) is 7.05. The fourth-order valence-electron chi connectivity index (χ4n) is 3.47. The monoisotopic (exact) mass is 415 g/mol. The van der Waals surface area contributed by atoms with E-state index in [0.29, 0.717) is 12.1 Å². The van der Waals surface area contributed by atoms with E-state index in [4.69, 9.17) is 4.74 Å². The lowest BCUT2D eigenvalue weighted by Crippen LogP contribution is -2.31. The van der Waals surface area contributed by atoms with Crippen molar-refractivity contribution in [3.63, 3.8) is 0 Å². The van der Waals surface area contributed by atoms with Crippen molar-refractivity contribution in [3.05, 3.63) is 66.7 Å². The maximum atomic E-state index is 12.5. The summed E-state index contributed by atoms with van der Waals surface area (Å²) in [4.78, 5) is 26.6.